The zero-order valence-corrected chi connectivity index (χ0v) is 19.9. The van der Waals surface area contributed by atoms with Gasteiger partial charge in [-0.3, -0.25) is 4.79 Å². The molecular formula is C26H32N4O2S. The van der Waals surface area contributed by atoms with Crippen LogP contribution in [-0.2, 0) is 16.0 Å². The Morgan fingerprint density at radius 1 is 1.03 bits per heavy atom. The van der Waals surface area contributed by atoms with Crippen LogP contribution in [0.5, 0.6) is 0 Å². The summed E-state index contributed by atoms with van der Waals surface area (Å²) in [5.74, 6) is 1.39. The second kappa shape index (κ2) is 10.7. The van der Waals surface area contributed by atoms with Crippen molar-refractivity contribution in [2.24, 2.45) is 0 Å². The summed E-state index contributed by atoms with van der Waals surface area (Å²) in [5.41, 5.74) is 1.27. The van der Waals surface area contributed by atoms with E-state index in [-0.39, 0.29) is 12.0 Å². The van der Waals surface area contributed by atoms with Crippen molar-refractivity contribution >= 4 is 28.4 Å². The lowest BCUT2D eigenvalue weighted by atomic mass is 9.95. The molecule has 7 heteroatoms. The van der Waals surface area contributed by atoms with Gasteiger partial charge in [-0.2, -0.15) is 0 Å². The van der Waals surface area contributed by atoms with Gasteiger partial charge < -0.3 is 14.6 Å². The number of carbonyl (C=O) groups excluding carboxylic acids is 1. The second-order valence-electron chi connectivity index (χ2n) is 9.10. The Labute approximate surface area is 199 Å². The molecule has 2 fully saturated rings. The molecule has 0 radical (unpaired) electrons. The van der Waals surface area contributed by atoms with E-state index in [1.165, 1.54) is 47.4 Å². The van der Waals surface area contributed by atoms with Crippen molar-refractivity contribution < 1.29 is 9.53 Å². The van der Waals surface area contributed by atoms with Gasteiger partial charge in [0, 0.05) is 25.6 Å². The number of hydrogen-bond acceptors (Lipinski definition) is 5. The van der Waals surface area contributed by atoms with E-state index in [0.717, 1.165) is 49.7 Å². The van der Waals surface area contributed by atoms with Gasteiger partial charge in [-0.15, -0.1) is 10.2 Å². The van der Waals surface area contributed by atoms with Crippen LogP contribution in [-0.4, -0.2) is 45.7 Å². The molecule has 2 aromatic carbocycles. The Kier molecular flexibility index (Phi) is 7.27. The fourth-order valence-electron chi connectivity index (χ4n) is 5.06. The number of carbonyl (C=O) groups is 1. The minimum atomic E-state index is 0.0318. The monoisotopic (exact) mass is 464 g/mol. The number of amides is 1. The standard InChI is InChI=1S/C26H32N4O2S/c31-25(27-17-22-13-7-15-32-22)18-33-26-29-28-24(30(26)21-11-2-1-3-12-21)16-20-10-6-9-19-8-4-5-14-23(19)20/h4-6,8-10,14,21-22H,1-3,7,11-13,15-18H2,(H,27,31). The van der Waals surface area contributed by atoms with Gasteiger partial charge in [0.2, 0.25) is 5.91 Å². The minimum Gasteiger partial charge on any atom is -0.376 e. The molecule has 1 amide bonds. The van der Waals surface area contributed by atoms with Gasteiger partial charge in [0.05, 0.1) is 11.9 Å². The third kappa shape index (κ3) is 5.41. The summed E-state index contributed by atoms with van der Waals surface area (Å²) < 4.78 is 7.94. The Hall–Kier alpha value is -2.38. The zero-order chi connectivity index (χ0) is 22.5. The molecule has 1 unspecified atom stereocenters. The lowest BCUT2D eigenvalue weighted by Crippen LogP contribution is -2.33. The summed E-state index contributed by atoms with van der Waals surface area (Å²) in [6, 6.07) is 15.4. The van der Waals surface area contributed by atoms with E-state index in [4.69, 9.17) is 4.74 Å². The molecule has 1 aliphatic carbocycles. The lowest BCUT2D eigenvalue weighted by Gasteiger charge is -2.25. The molecular weight excluding hydrogens is 432 g/mol. The fourth-order valence-corrected chi connectivity index (χ4v) is 5.92. The molecule has 1 atom stereocenters. The van der Waals surface area contributed by atoms with Crippen LogP contribution in [0, 0.1) is 0 Å². The predicted octanol–water partition coefficient (Wildman–Crippen LogP) is 4.91. The summed E-state index contributed by atoms with van der Waals surface area (Å²) in [7, 11) is 0. The first-order valence-electron chi connectivity index (χ1n) is 12.2. The molecule has 174 valence electrons. The van der Waals surface area contributed by atoms with Gasteiger partial charge in [-0.25, -0.2) is 0 Å². The molecule has 33 heavy (non-hydrogen) atoms. The molecule has 0 spiro atoms. The van der Waals surface area contributed by atoms with E-state index < -0.39 is 0 Å². The third-order valence-electron chi connectivity index (χ3n) is 6.79. The molecule has 6 nitrogen and oxygen atoms in total. The zero-order valence-electron chi connectivity index (χ0n) is 19.0. The van der Waals surface area contributed by atoms with E-state index in [1.54, 1.807) is 0 Å². The number of hydrogen-bond donors (Lipinski definition) is 1. The first-order valence-corrected chi connectivity index (χ1v) is 13.2. The summed E-state index contributed by atoms with van der Waals surface area (Å²) in [4.78, 5) is 12.5. The Morgan fingerprint density at radius 3 is 2.73 bits per heavy atom. The first-order chi connectivity index (χ1) is 16.3. The molecule has 5 rings (SSSR count). The molecule has 1 saturated heterocycles. The van der Waals surface area contributed by atoms with Crippen molar-refractivity contribution in [2.75, 3.05) is 18.9 Å². The maximum absolute atomic E-state index is 12.5. The maximum atomic E-state index is 12.5. The van der Waals surface area contributed by atoms with Gasteiger partial charge in [-0.1, -0.05) is 73.5 Å². The Bertz CT molecular complexity index is 1080. The van der Waals surface area contributed by atoms with E-state index in [9.17, 15) is 4.79 Å². The van der Waals surface area contributed by atoms with Gasteiger partial charge >= 0.3 is 0 Å². The molecule has 2 aliphatic rings. The van der Waals surface area contributed by atoms with Crippen molar-refractivity contribution in [2.45, 2.75) is 68.7 Å². The van der Waals surface area contributed by atoms with Crippen molar-refractivity contribution in [1.82, 2.24) is 20.1 Å². The number of benzene rings is 2. The SMILES string of the molecule is O=C(CSc1nnc(Cc2cccc3ccccc23)n1C1CCCCC1)NCC1CCCO1. The number of fused-ring (bicyclic) bond motifs is 1. The van der Waals surface area contributed by atoms with Crippen molar-refractivity contribution in [3.05, 3.63) is 53.9 Å². The number of aromatic nitrogens is 3. The molecule has 1 saturated carbocycles. The quantitative estimate of drug-likeness (QED) is 0.480. The van der Waals surface area contributed by atoms with Crippen LogP contribution in [0.1, 0.15) is 62.4 Å². The Balaban J connectivity index is 1.33. The summed E-state index contributed by atoms with van der Waals surface area (Å²) in [6.07, 6.45) is 9.10. The Morgan fingerprint density at radius 2 is 1.88 bits per heavy atom. The molecule has 1 aromatic heterocycles. The largest absolute Gasteiger partial charge is 0.376 e. The van der Waals surface area contributed by atoms with Crippen LogP contribution in [0.25, 0.3) is 10.8 Å². The smallest absolute Gasteiger partial charge is 0.230 e. The predicted molar refractivity (Wildman–Crippen MR) is 132 cm³/mol. The second-order valence-corrected chi connectivity index (χ2v) is 10.0. The molecule has 1 aliphatic heterocycles. The number of ether oxygens (including phenoxy) is 1. The summed E-state index contributed by atoms with van der Waals surface area (Å²) in [6.45, 7) is 1.40. The van der Waals surface area contributed by atoms with Gasteiger partial charge in [0.1, 0.15) is 5.82 Å². The highest BCUT2D eigenvalue weighted by Gasteiger charge is 2.24. The fraction of sp³-hybridized carbons (Fsp3) is 0.500. The first kappa shape index (κ1) is 22.4. The van der Waals surface area contributed by atoms with Crippen molar-refractivity contribution in [3.63, 3.8) is 0 Å². The highest BCUT2D eigenvalue weighted by atomic mass is 32.2. The van der Waals surface area contributed by atoms with Gasteiger partial charge in [-0.05, 0) is 42.0 Å². The number of rotatable bonds is 8. The average molecular weight is 465 g/mol. The van der Waals surface area contributed by atoms with E-state index in [2.05, 4.69) is 62.5 Å². The number of thioether (sulfide) groups is 1. The van der Waals surface area contributed by atoms with E-state index in [1.807, 2.05) is 0 Å². The van der Waals surface area contributed by atoms with E-state index in [0.29, 0.717) is 18.3 Å². The van der Waals surface area contributed by atoms with Crippen LogP contribution in [0.4, 0.5) is 0 Å². The summed E-state index contributed by atoms with van der Waals surface area (Å²) in [5, 5.41) is 15.6. The van der Waals surface area contributed by atoms with Gasteiger partial charge in [0.25, 0.3) is 0 Å². The number of nitrogens with one attached hydrogen (secondary N) is 1. The highest BCUT2D eigenvalue weighted by molar-refractivity contribution is 7.99. The molecule has 2 heterocycles. The topological polar surface area (TPSA) is 69.0 Å². The van der Waals surface area contributed by atoms with Crippen LogP contribution in [0.2, 0.25) is 0 Å². The molecule has 0 bridgehead atoms. The van der Waals surface area contributed by atoms with Crippen LogP contribution in [0.15, 0.2) is 47.6 Å². The maximum Gasteiger partial charge on any atom is 0.230 e. The average Bonchev–Trinajstić information content (AvgIpc) is 3.52. The van der Waals surface area contributed by atoms with Crippen molar-refractivity contribution in [1.29, 1.82) is 0 Å². The van der Waals surface area contributed by atoms with E-state index >= 15 is 0 Å². The minimum absolute atomic E-state index is 0.0318. The molecule has 3 aromatic rings. The highest BCUT2D eigenvalue weighted by Crippen LogP contribution is 2.33. The lowest BCUT2D eigenvalue weighted by molar-refractivity contribution is -0.119. The third-order valence-corrected chi connectivity index (χ3v) is 7.73. The number of nitrogens with zero attached hydrogens (tertiary/aromatic N) is 3. The van der Waals surface area contributed by atoms with Crippen LogP contribution in [0.3, 0.4) is 0 Å². The van der Waals surface area contributed by atoms with Crippen LogP contribution >= 0.6 is 11.8 Å². The summed E-state index contributed by atoms with van der Waals surface area (Å²) >= 11 is 1.50. The van der Waals surface area contributed by atoms with Crippen LogP contribution < -0.4 is 5.32 Å². The van der Waals surface area contributed by atoms with Crippen molar-refractivity contribution in [3.8, 4) is 0 Å². The normalized spacial score (nSPS) is 19.2. The molecule has 1 N–H and O–H groups in total. The van der Waals surface area contributed by atoms with Gasteiger partial charge in [0.15, 0.2) is 5.16 Å².